The van der Waals surface area contributed by atoms with E-state index < -0.39 is 11.7 Å². The quantitative estimate of drug-likeness (QED) is 0.794. The third-order valence-electron chi connectivity index (χ3n) is 2.96. The fourth-order valence-corrected chi connectivity index (χ4v) is 3.02. The van der Waals surface area contributed by atoms with E-state index in [9.17, 15) is 13.6 Å². The van der Waals surface area contributed by atoms with E-state index in [4.69, 9.17) is 11.6 Å². The molecule has 0 unspecified atom stereocenters. The number of amides is 1. The van der Waals surface area contributed by atoms with Crippen molar-refractivity contribution in [3.63, 3.8) is 0 Å². The van der Waals surface area contributed by atoms with Gasteiger partial charge in [-0.1, -0.05) is 29.8 Å². The van der Waals surface area contributed by atoms with Crippen molar-refractivity contribution >= 4 is 29.3 Å². The van der Waals surface area contributed by atoms with Crippen molar-refractivity contribution < 1.29 is 13.6 Å². The van der Waals surface area contributed by atoms with Crippen LogP contribution in [0.5, 0.6) is 0 Å². The fourth-order valence-electron chi connectivity index (χ4n) is 1.82. The summed E-state index contributed by atoms with van der Waals surface area (Å²) in [4.78, 5) is 11.8. The summed E-state index contributed by atoms with van der Waals surface area (Å²) < 4.78 is 26.9. The Morgan fingerprint density at radius 1 is 1.09 bits per heavy atom. The van der Waals surface area contributed by atoms with Crippen LogP contribution in [0.25, 0.3) is 0 Å². The molecule has 0 aromatic heterocycles. The van der Waals surface area contributed by atoms with Crippen LogP contribution in [0.3, 0.4) is 0 Å². The zero-order chi connectivity index (χ0) is 15.9. The minimum absolute atomic E-state index is 0.0182. The summed E-state index contributed by atoms with van der Waals surface area (Å²) >= 11 is 7.37. The van der Waals surface area contributed by atoms with E-state index in [0.29, 0.717) is 28.6 Å². The van der Waals surface area contributed by atoms with Gasteiger partial charge in [0.1, 0.15) is 11.6 Å². The van der Waals surface area contributed by atoms with Crippen molar-refractivity contribution in [2.24, 2.45) is 0 Å². The van der Waals surface area contributed by atoms with Crippen LogP contribution in [-0.2, 0) is 5.75 Å². The Balaban J connectivity index is 1.76. The Bertz CT molecular complexity index is 646. The molecule has 2 rings (SSSR count). The average Bonchev–Trinajstić information content (AvgIpc) is 2.49. The highest BCUT2D eigenvalue weighted by Gasteiger charge is 2.10. The molecule has 1 amide bonds. The lowest BCUT2D eigenvalue weighted by Crippen LogP contribution is -2.26. The van der Waals surface area contributed by atoms with Crippen molar-refractivity contribution in [3.05, 3.63) is 70.2 Å². The van der Waals surface area contributed by atoms with Gasteiger partial charge in [-0.15, -0.1) is 0 Å². The van der Waals surface area contributed by atoms with Gasteiger partial charge in [-0.3, -0.25) is 4.79 Å². The molecule has 1 N–H and O–H groups in total. The van der Waals surface area contributed by atoms with E-state index >= 15 is 0 Å². The Morgan fingerprint density at radius 3 is 2.55 bits per heavy atom. The van der Waals surface area contributed by atoms with Gasteiger partial charge in [0, 0.05) is 28.6 Å². The molecule has 6 heteroatoms. The normalized spacial score (nSPS) is 10.5. The molecule has 0 saturated heterocycles. The third kappa shape index (κ3) is 4.45. The molecular formula is C16H14ClF2NOS. The maximum absolute atomic E-state index is 13.5. The van der Waals surface area contributed by atoms with Crippen molar-refractivity contribution in [2.45, 2.75) is 5.75 Å². The van der Waals surface area contributed by atoms with Crippen molar-refractivity contribution in [1.82, 2.24) is 5.32 Å². The summed E-state index contributed by atoms with van der Waals surface area (Å²) in [5, 5.41) is 3.02. The van der Waals surface area contributed by atoms with Gasteiger partial charge in [0.25, 0.3) is 5.91 Å². The topological polar surface area (TPSA) is 29.1 Å². The number of carbonyl (C=O) groups excluding carboxylic acids is 1. The van der Waals surface area contributed by atoms with E-state index in [1.54, 1.807) is 18.2 Å². The summed E-state index contributed by atoms with van der Waals surface area (Å²) in [5.74, 6) is -0.352. The van der Waals surface area contributed by atoms with Crippen LogP contribution in [0.4, 0.5) is 8.78 Å². The molecule has 0 spiro atoms. The molecule has 0 bridgehead atoms. The van der Waals surface area contributed by atoms with Crippen LogP contribution in [0, 0.1) is 11.6 Å². The van der Waals surface area contributed by atoms with E-state index in [1.807, 2.05) is 0 Å². The van der Waals surface area contributed by atoms with E-state index in [-0.39, 0.29) is 11.4 Å². The molecule has 2 nitrogen and oxygen atoms in total. The molecule has 2 aromatic rings. The van der Waals surface area contributed by atoms with Crippen LogP contribution < -0.4 is 5.32 Å². The highest BCUT2D eigenvalue weighted by molar-refractivity contribution is 7.98. The maximum atomic E-state index is 13.5. The lowest BCUT2D eigenvalue weighted by atomic mass is 10.2. The van der Waals surface area contributed by atoms with Gasteiger partial charge in [0.2, 0.25) is 0 Å². The second-order valence-corrected chi connectivity index (χ2v) is 6.00. The Labute approximate surface area is 136 Å². The third-order valence-corrected chi connectivity index (χ3v) is 4.30. The van der Waals surface area contributed by atoms with Gasteiger partial charge in [0.05, 0.1) is 5.56 Å². The van der Waals surface area contributed by atoms with Crippen LogP contribution in [0.2, 0.25) is 5.02 Å². The molecule has 2 aromatic carbocycles. The smallest absolute Gasteiger partial charge is 0.254 e. The molecule has 0 saturated carbocycles. The van der Waals surface area contributed by atoms with Crippen molar-refractivity contribution in [2.75, 3.05) is 12.3 Å². The van der Waals surface area contributed by atoms with Gasteiger partial charge < -0.3 is 5.32 Å². The number of hydrogen-bond acceptors (Lipinski definition) is 2. The monoisotopic (exact) mass is 341 g/mol. The summed E-state index contributed by atoms with van der Waals surface area (Å²) in [6.07, 6.45) is 0. The number of carbonyl (C=O) groups is 1. The fraction of sp³-hybridized carbons (Fsp3) is 0.188. The van der Waals surface area contributed by atoms with E-state index in [1.165, 1.54) is 36.0 Å². The van der Waals surface area contributed by atoms with Crippen LogP contribution in [0.15, 0.2) is 42.5 Å². The minimum atomic E-state index is -0.550. The lowest BCUT2D eigenvalue weighted by Gasteiger charge is -2.07. The summed E-state index contributed by atoms with van der Waals surface area (Å²) in [6, 6.07) is 10.4. The van der Waals surface area contributed by atoms with Crippen LogP contribution in [0.1, 0.15) is 15.9 Å². The molecular weight excluding hydrogens is 328 g/mol. The first-order valence-corrected chi connectivity index (χ1v) is 8.16. The first kappa shape index (κ1) is 16.8. The van der Waals surface area contributed by atoms with Crippen LogP contribution in [-0.4, -0.2) is 18.2 Å². The Hall–Kier alpha value is -1.59. The predicted molar refractivity (Wildman–Crippen MR) is 86.3 cm³/mol. The summed E-state index contributed by atoms with van der Waals surface area (Å²) in [7, 11) is 0. The van der Waals surface area contributed by atoms with Gasteiger partial charge >= 0.3 is 0 Å². The molecule has 0 aliphatic carbocycles. The molecule has 22 heavy (non-hydrogen) atoms. The highest BCUT2D eigenvalue weighted by Crippen LogP contribution is 2.23. The number of thioether (sulfide) groups is 1. The van der Waals surface area contributed by atoms with Crippen LogP contribution >= 0.6 is 23.4 Å². The average molecular weight is 342 g/mol. The van der Waals surface area contributed by atoms with E-state index in [2.05, 4.69) is 5.32 Å². The maximum Gasteiger partial charge on any atom is 0.254 e. The summed E-state index contributed by atoms with van der Waals surface area (Å²) in [6.45, 7) is 0.365. The highest BCUT2D eigenvalue weighted by atomic mass is 35.5. The summed E-state index contributed by atoms with van der Waals surface area (Å²) in [5.41, 5.74) is 0.472. The number of benzene rings is 2. The van der Waals surface area contributed by atoms with Crippen molar-refractivity contribution in [1.29, 1.82) is 0 Å². The predicted octanol–water partition coefficient (Wildman–Crippen LogP) is 4.28. The van der Waals surface area contributed by atoms with Crippen molar-refractivity contribution in [3.8, 4) is 0 Å². The number of hydrogen-bond donors (Lipinski definition) is 1. The number of halogens is 3. The molecule has 116 valence electrons. The molecule has 0 radical (unpaired) electrons. The zero-order valence-corrected chi connectivity index (χ0v) is 13.2. The zero-order valence-electron chi connectivity index (χ0n) is 11.6. The molecule has 0 aliphatic rings. The largest absolute Gasteiger partial charge is 0.351 e. The van der Waals surface area contributed by atoms with E-state index in [0.717, 1.165) is 0 Å². The minimum Gasteiger partial charge on any atom is -0.351 e. The van der Waals surface area contributed by atoms with Gasteiger partial charge in [0.15, 0.2) is 0 Å². The molecule has 0 heterocycles. The lowest BCUT2D eigenvalue weighted by molar-refractivity contribution is 0.0952. The second kappa shape index (κ2) is 8.15. The molecule has 0 aliphatic heterocycles. The Morgan fingerprint density at radius 2 is 1.82 bits per heavy atom. The van der Waals surface area contributed by atoms with Gasteiger partial charge in [-0.05, 0) is 24.3 Å². The first-order chi connectivity index (χ1) is 10.6. The second-order valence-electron chi connectivity index (χ2n) is 4.49. The first-order valence-electron chi connectivity index (χ1n) is 6.63. The number of rotatable bonds is 6. The van der Waals surface area contributed by atoms with Gasteiger partial charge in [-0.25, -0.2) is 8.78 Å². The number of nitrogens with one attached hydrogen (secondary N) is 1. The van der Waals surface area contributed by atoms with Gasteiger partial charge in [-0.2, -0.15) is 11.8 Å². The molecule has 0 fully saturated rings. The standard InChI is InChI=1S/C16H14ClF2NOS/c17-13-5-3-7-15(19)12(13)10-22-9-8-20-16(21)11-4-1-2-6-14(11)18/h1-7H,8-10H2,(H,20,21). The Kier molecular flexibility index (Phi) is 6.21. The molecule has 0 atom stereocenters. The SMILES string of the molecule is O=C(NCCSCc1c(F)cccc1Cl)c1ccccc1F.